The Bertz CT molecular complexity index is 180. The molecule has 1 heterocycles. The highest BCUT2D eigenvalue weighted by molar-refractivity contribution is 4.69. The van der Waals surface area contributed by atoms with Crippen molar-refractivity contribution in [3.63, 3.8) is 0 Å². The van der Waals surface area contributed by atoms with Crippen LogP contribution in [0.25, 0.3) is 0 Å². The molecule has 0 spiro atoms. The van der Waals surface area contributed by atoms with Crippen molar-refractivity contribution in [1.82, 2.24) is 10.2 Å². The van der Waals surface area contributed by atoms with Gasteiger partial charge in [0.2, 0.25) is 0 Å². The van der Waals surface area contributed by atoms with Gasteiger partial charge < -0.3 is 10.2 Å². The van der Waals surface area contributed by atoms with Crippen LogP contribution in [0.1, 0.15) is 38.5 Å². The highest BCUT2D eigenvalue weighted by Gasteiger charge is 2.08. The molecule has 0 atom stereocenters. The van der Waals surface area contributed by atoms with E-state index in [-0.39, 0.29) is 0 Å². The van der Waals surface area contributed by atoms with E-state index in [0.29, 0.717) is 6.42 Å². The predicted octanol–water partition coefficient (Wildman–Crippen LogP) is 1.76. The second-order valence-corrected chi connectivity index (χ2v) is 4.27. The van der Waals surface area contributed by atoms with Crippen LogP contribution in [-0.4, -0.2) is 37.6 Å². The van der Waals surface area contributed by atoms with Crippen LogP contribution in [-0.2, 0) is 0 Å². The summed E-state index contributed by atoms with van der Waals surface area (Å²) in [4.78, 5) is 2.55. The maximum Gasteiger partial charge on any atom is 0.0621 e. The van der Waals surface area contributed by atoms with Crippen molar-refractivity contribution < 1.29 is 0 Å². The Kier molecular flexibility index (Phi) is 7.24. The van der Waals surface area contributed by atoms with Gasteiger partial charge in [-0.3, -0.25) is 0 Å². The normalized spacial score (nSPS) is 17.5. The van der Waals surface area contributed by atoms with Crippen molar-refractivity contribution in [3.05, 3.63) is 0 Å². The minimum absolute atomic E-state index is 0.702. The largest absolute Gasteiger partial charge is 0.315 e. The Hall–Kier alpha value is -0.590. The van der Waals surface area contributed by atoms with Crippen LogP contribution in [0.15, 0.2) is 0 Å². The lowest BCUT2D eigenvalue weighted by Crippen LogP contribution is -2.36. The summed E-state index contributed by atoms with van der Waals surface area (Å²) in [6.45, 7) is 5.94. The fraction of sp³-hybridized carbons (Fsp3) is 0.917. The number of likely N-dealkylation sites (tertiary alicyclic amines) is 1. The molecule has 0 saturated carbocycles. The molecule has 0 radical (unpaired) electrons. The number of hydrogen-bond acceptors (Lipinski definition) is 3. The van der Waals surface area contributed by atoms with Gasteiger partial charge in [0.1, 0.15) is 0 Å². The molecule has 1 N–H and O–H groups in total. The fourth-order valence-electron chi connectivity index (χ4n) is 2.00. The number of hydrogen-bond donors (Lipinski definition) is 1. The van der Waals surface area contributed by atoms with Crippen LogP contribution in [0, 0.1) is 11.3 Å². The van der Waals surface area contributed by atoms with Crippen LogP contribution in [0.4, 0.5) is 0 Å². The summed E-state index contributed by atoms with van der Waals surface area (Å²) in [6, 6.07) is 2.17. The molecule has 0 aromatic heterocycles. The summed E-state index contributed by atoms with van der Waals surface area (Å²) in [5, 5.41) is 11.8. The average Bonchev–Trinajstić information content (AvgIpc) is 2.29. The zero-order valence-corrected chi connectivity index (χ0v) is 9.67. The maximum atomic E-state index is 8.36. The Balaban J connectivity index is 1.82. The molecule has 0 bridgehead atoms. The smallest absolute Gasteiger partial charge is 0.0621 e. The number of unbranched alkanes of at least 4 members (excludes halogenated alkanes) is 2. The van der Waals surface area contributed by atoms with Crippen LogP contribution in [0.3, 0.4) is 0 Å². The van der Waals surface area contributed by atoms with Crippen LogP contribution in [0.2, 0.25) is 0 Å². The molecule has 1 aliphatic rings. The number of nitriles is 1. The van der Waals surface area contributed by atoms with Gasteiger partial charge in [-0.1, -0.05) is 6.42 Å². The zero-order valence-electron chi connectivity index (χ0n) is 9.67. The van der Waals surface area contributed by atoms with Gasteiger partial charge in [-0.05, 0) is 45.3 Å². The van der Waals surface area contributed by atoms with Crippen LogP contribution < -0.4 is 5.32 Å². The van der Waals surface area contributed by atoms with Gasteiger partial charge in [0.05, 0.1) is 6.07 Å². The van der Waals surface area contributed by atoms with E-state index in [9.17, 15) is 0 Å². The Labute approximate surface area is 93.5 Å². The first kappa shape index (κ1) is 12.5. The molecule has 1 fully saturated rings. The second-order valence-electron chi connectivity index (χ2n) is 4.27. The SMILES string of the molecule is N#CCCCCNCCN1CCCCC1. The summed E-state index contributed by atoms with van der Waals surface area (Å²) in [6.07, 6.45) is 7.04. The molecule has 0 aromatic carbocycles. The van der Waals surface area contributed by atoms with Gasteiger partial charge in [0.25, 0.3) is 0 Å². The minimum Gasteiger partial charge on any atom is -0.315 e. The summed E-state index contributed by atoms with van der Waals surface area (Å²) < 4.78 is 0. The standard InChI is InChI=1S/C12H23N3/c13-7-3-1-4-8-14-9-12-15-10-5-2-6-11-15/h14H,1-6,8-12H2. The Morgan fingerprint density at radius 3 is 2.60 bits per heavy atom. The van der Waals surface area contributed by atoms with Crippen molar-refractivity contribution in [2.45, 2.75) is 38.5 Å². The molecule has 1 aliphatic heterocycles. The molecular weight excluding hydrogens is 186 g/mol. The average molecular weight is 209 g/mol. The number of piperidine rings is 1. The quantitative estimate of drug-likeness (QED) is 0.649. The topological polar surface area (TPSA) is 39.1 Å². The summed E-state index contributed by atoms with van der Waals surface area (Å²) in [5.41, 5.74) is 0. The van der Waals surface area contributed by atoms with E-state index in [1.165, 1.54) is 38.9 Å². The molecule has 3 nitrogen and oxygen atoms in total. The second kappa shape index (κ2) is 8.70. The van der Waals surface area contributed by atoms with Gasteiger partial charge in [-0.25, -0.2) is 0 Å². The predicted molar refractivity (Wildman–Crippen MR) is 62.6 cm³/mol. The van der Waals surface area contributed by atoms with Crippen molar-refractivity contribution in [1.29, 1.82) is 5.26 Å². The van der Waals surface area contributed by atoms with Gasteiger partial charge >= 0.3 is 0 Å². The summed E-state index contributed by atoms with van der Waals surface area (Å²) in [5.74, 6) is 0. The molecule has 1 saturated heterocycles. The summed E-state index contributed by atoms with van der Waals surface area (Å²) in [7, 11) is 0. The first-order chi connectivity index (χ1) is 7.43. The Morgan fingerprint density at radius 2 is 1.87 bits per heavy atom. The van der Waals surface area contributed by atoms with Gasteiger partial charge in [0, 0.05) is 19.5 Å². The fourth-order valence-corrected chi connectivity index (χ4v) is 2.00. The molecule has 86 valence electrons. The molecule has 0 aromatic rings. The van der Waals surface area contributed by atoms with Gasteiger partial charge in [-0.2, -0.15) is 5.26 Å². The molecule has 0 unspecified atom stereocenters. The van der Waals surface area contributed by atoms with Crippen molar-refractivity contribution >= 4 is 0 Å². The van der Waals surface area contributed by atoms with Crippen molar-refractivity contribution in [3.8, 4) is 6.07 Å². The van der Waals surface area contributed by atoms with E-state index in [0.717, 1.165) is 25.9 Å². The van der Waals surface area contributed by atoms with Crippen LogP contribution in [0.5, 0.6) is 0 Å². The van der Waals surface area contributed by atoms with Gasteiger partial charge in [0.15, 0.2) is 0 Å². The first-order valence-corrected chi connectivity index (χ1v) is 6.23. The van der Waals surface area contributed by atoms with Gasteiger partial charge in [-0.15, -0.1) is 0 Å². The van der Waals surface area contributed by atoms with E-state index in [2.05, 4.69) is 16.3 Å². The first-order valence-electron chi connectivity index (χ1n) is 6.23. The minimum atomic E-state index is 0.702. The molecular formula is C12H23N3. The van der Waals surface area contributed by atoms with E-state index < -0.39 is 0 Å². The lowest BCUT2D eigenvalue weighted by molar-refractivity contribution is 0.229. The third kappa shape index (κ3) is 6.48. The molecule has 1 rings (SSSR count). The Morgan fingerprint density at radius 1 is 1.07 bits per heavy atom. The highest BCUT2D eigenvalue weighted by atomic mass is 15.1. The number of nitrogens with zero attached hydrogens (tertiary/aromatic N) is 2. The lowest BCUT2D eigenvalue weighted by atomic mass is 10.1. The third-order valence-corrected chi connectivity index (χ3v) is 2.95. The van der Waals surface area contributed by atoms with E-state index >= 15 is 0 Å². The monoisotopic (exact) mass is 209 g/mol. The van der Waals surface area contributed by atoms with E-state index in [1.807, 2.05) is 0 Å². The molecule has 3 heteroatoms. The number of nitrogens with one attached hydrogen (secondary N) is 1. The van der Waals surface area contributed by atoms with Crippen LogP contribution >= 0.6 is 0 Å². The summed E-state index contributed by atoms with van der Waals surface area (Å²) >= 11 is 0. The van der Waals surface area contributed by atoms with Crippen molar-refractivity contribution in [2.24, 2.45) is 0 Å². The maximum absolute atomic E-state index is 8.36. The zero-order chi connectivity index (χ0) is 10.8. The molecule has 15 heavy (non-hydrogen) atoms. The van der Waals surface area contributed by atoms with E-state index in [4.69, 9.17) is 5.26 Å². The molecule has 0 amide bonds. The van der Waals surface area contributed by atoms with E-state index in [1.54, 1.807) is 0 Å². The third-order valence-electron chi connectivity index (χ3n) is 2.95. The molecule has 0 aliphatic carbocycles. The number of rotatable bonds is 7. The lowest BCUT2D eigenvalue weighted by Gasteiger charge is -2.26. The highest BCUT2D eigenvalue weighted by Crippen LogP contribution is 2.07. The van der Waals surface area contributed by atoms with Crippen molar-refractivity contribution in [2.75, 3.05) is 32.7 Å².